The van der Waals surface area contributed by atoms with E-state index >= 15 is 0 Å². The van der Waals surface area contributed by atoms with Gasteiger partial charge in [0.15, 0.2) is 0 Å². The molecule has 0 amide bonds. The van der Waals surface area contributed by atoms with Crippen LogP contribution in [0.3, 0.4) is 0 Å². The van der Waals surface area contributed by atoms with Gasteiger partial charge >= 0.3 is 0 Å². The van der Waals surface area contributed by atoms with Gasteiger partial charge in [0.2, 0.25) is 0 Å². The number of hydrogen-bond acceptors (Lipinski definition) is 0. The molecule has 2 aromatic carbocycles. The van der Waals surface area contributed by atoms with Crippen LogP contribution in [-0.4, -0.2) is 0 Å². The molecule has 1 aliphatic rings. The van der Waals surface area contributed by atoms with Gasteiger partial charge in [-0.2, -0.15) is 0 Å². The molecule has 3 rings (SSSR count). The minimum absolute atomic E-state index is 0.614. The fourth-order valence-electron chi connectivity index (χ4n) is 3.17. The minimum Gasteiger partial charge on any atom is -0.0853 e. The second-order valence-corrected chi connectivity index (χ2v) is 5.76. The van der Waals surface area contributed by atoms with E-state index in [1.54, 1.807) is 5.57 Å². The molecule has 1 unspecified atom stereocenters. The van der Waals surface area contributed by atoms with Crippen LogP contribution < -0.4 is 0 Å². The van der Waals surface area contributed by atoms with E-state index in [9.17, 15) is 0 Å². The molecule has 2 aromatic rings. The van der Waals surface area contributed by atoms with Gasteiger partial charge in [-0.1, -0.05) is 72.3 Å². The van der Waals surface area contributed by atoms with Gasteiger partial charge in [0.1, 0.15) is 0 Å². The normalized spacial score (nSPS) is 15.9. The van der Waals surface area contributed by atoms with E-state index in [1.807, 2.05) is 0 Å². The highest BCUT2D eigenvalue weighted by Crippen LogP contribution is 2.32. The van der Waals surface area contributed by atoms with Crippen molar-refractivity contribution in [2.45, 2.75) is 38.0 Å². The number of benzene rings is 2. The molecular weight excluding hydrogens is 240 g/mol. The summed E-state index contributed by atoms with van der Waals surface area (Å²) in [5.41, 5.74) is 4.58. The summed E-state index contributed by atoms with van der Waals surface area (Å²) < 4.78 is 0. The van der Waals surface area contributed by atoms with Crippen LogP contribution in [0.5, 0.6) is 0 Å². The Labute approximate surface area is 122 Å². The highest BCUT2D eigenvalue weighted by Gasteiger charge is 2.16. The van der Waals surface area contributed by atoms with E-state index in [-0.39, 0.29) is 0 Å². The summed E-state index contributed by atoms with van der Waals surface area (Å²) in [5.74, 6) is 0.614. The quantitative estimate of drug-likeness (QED) is 0.623. The molecule has 1 atom stereocenters. The molecule has 102 valence electrons. The summed E-state index contributed by atoms with van der Waals surface area (Å²) in [6, 6.07) is 21.9. The minimum atomic E-state index is 0.614. The van der Waals surface area contributed by atoms with Crippen molar-refractivity contribution in [2.24, 2.45) is 0 Å². The first kappa shape index (κ1) is 13.2. The van der Waals surface area contributed by atoms with Gasteiger partial charge in [-0.15, -0.1) is 0 Å². The lowest BCUT2D eigenvalue weighted by Gasteiger charge is -2.18. The van der Waals surface area contributed by atoms with Crippen LogP contribution in [0.1, 0.15) is 42.7 Å². The summed E-state index contributed by atoms with van der Waals surface area (Å²) in [5, 5.41) is 0. The average molecular weight is 262 g/mol. The van der Waals surface area contributed by atoms with Gasteiger partial charge in [-0.25, -0.2) is 0 Å². The van der Waals surface area contributed by atoms with E-state index in [1.165, 1.54) is 36.8 Å². The molecule has 1 aliphatic carbocycles. The molecule has 0 heterocycles. The summed E-state index contributed by atoms with van der Waals surface area (Å²) in [4.78, 5) is 0. The lowest BCUT2D eigenvalue weighted by Crippen LogP contribution is -2.04. The van der Waals surface area contributed by atoms with Gasteiger partial charge in [0, 0.05) is 0 Å². The number of rotatable bonds is 5. The Morgan fingerprint density at radius 3 is 2.15 bits per heavy atom. The maximum Gasteiger partial charge on any atom is -0.00843 e. The Hall–Kier alpha value is -1.82. The maximum absolute atomic E-state index is 2.46. The third-order valence-electron chi connectivity index (χ3n) is 4.24. The fraction of sp³-hybridized carbons (Fsp3) is 0.300. The standard InChI is InChI=1S/C20H22/c1-3-9-17(10-4-1)15-20(16-18-11-7-8-12-18)19-13-5-2-6-14-19/h1-6,9-11,13-14,20H,7-8,12,15-16H2. The number of hydrogen-bond donors (Lipinski definition) is 0. The first-order valence-corrected chi connectivity index (χ1v) is 7.68. The molecule has 0 bridgehead atoms. The van der Waals surface area contributed by atoms with E-state index in [0.717, 1.165) is 6.42 Å². The Morgan fingerprint density at radius 1 is 0.800 bits per heavy atom. The highest BCUT2D eigenvalue weighted by molar-refractivity contribution is 5.26. The Kier molecular flexibility index (Phi) is 4.32. The molecule has 0 fully saturated rings. The molecular formula is C20H22. The Morgan fingerprint density at radius 2 is 1.50 bits per heavy atom. The molecule has 0 saturated carbocycles. The number of allylic oxidation sites excluding steroid dienone is 2. The van der Waals surface area contributed by atoms with Crippen molar-refractivity contribution in [3.8, 4) is 0 Å². The lowest BCUT2D eigenvalue weighted by atomic mass is 9.86. The highest BCUT2D eigenvalue weighted by atomic mass is 14.2. The summed E-state index contributed by atoms with van der Waals surface area (Å²) in [6.07, 6.45) is 8.75. The zero-order valence-corrected chi connectivity index (χ0v) is 12.0. The molecule has 0 heteroatoms. The van der Waals surface area contributed by atoms with Crippen LogP contribution in [0.15, 0.2) is 72.3 Å². The van der Waals surface area contributed by atoms with Gasteiger partial charge in [-0.05, 0) is 49.1 Å². The fourth-order valence-corrected chi connectivity index (χ4v) is 3.17. The molecule has 20 heavy (non-hydrogen) atoms. The maximum atomic E-state index is 2.46. The van der Waals surface area contributed by atoms with Crippen LogP contribution in [-0.2, 0) is 6.42 Å². The van der Waals surface area contributed by atoms with E-state index < -0.39 is 0 Å². The van der Waals surface area contributed by atoms with Crippen LogP contribution in [0, 0.1) is 0 Å². The SMILES string of the molecule is C1=C(CC(Cc2ccccc2)c2ccccc2)CCC1. The average Bonchev–Trinajstić information content (AvgIpc) is 3.02. The zero-order valence-electron chi connectivity index (χ0n) is 12.0. The molecule has 0 spiro atoms. The molecule has 0 aliphatic heterocycles. The van der Waals surface area contributed by atoms with Crippen molar-refractivity contribution in [3.05, 3.63) is 83.4 Å². The van der Waals surface area contributed by atoms with E-state index in [0.29, 0.717) is 5.92 Å². The third kappa shape index (κ3) is 3.39. The first-order valence-electron chi connectivity index (χ1n) is 7.68. The van der Waals surface area contributed by atoms with Crippen LogP contribution in [0.2, 0.25) is 0 Å². The summed E-state index contributed by atoms with van der Waals surface area (Å²) >= 11 is 0. The van der Waals surface area contributed by atoms with E-state index in [4.69, 9.17) is 0 Å². The van der Waals surface area contributed by atoms with Crippen molar-refractivity contribution < 1.29 is 0 Å². The molecule has 0 aromatic heterocycles. The van der Waals surface area contributed by atoms with Crippen LogP contribution in [0.25, 0.3) is 0 Å². The smallest absolute Gasteiger partial charge is 0.00843 e. The zero-order chi connectivity index (χ0) is 13.6. The second-order valence-electron chi connectivity index (χ2n) is 5.76. The summed E-state index contributed by atoms with van der Waals surface area (Å²) in [6.45, 7) is 0. The van der Waals surface area contributed by atoms with Gasteiger partial charge in [0.25, 0.3) is 0 Å². The Bertz CT molecular complexity index is 551. The van der Waals surface area contributed by atoms with Gasteiger partial charge < -0.3 is 0 Å². The molecule has 0 saturated heterocycles. The monoisotopic (exact) mass is 262 g/mol. The Balaban J connectivity index is 1.79. The van der Waals surface area contributed by atoms with Crippen molar-refractivity contribution >= 4 is 0 Å². The predicted molar refractivity (Wildman–Crippen MR) is 85.9 cm³/mol. The molecule has 0 radical (unpaired) electrons. The van der Waals surface area contributed by atoms with Crippen molar-refractivity contribution in [3.63, 3.8) is 0 Å². The van der Waals surface area contributed by atoms with Gasteiger partial charge in [0.05, 0.1) is 0 Å². The second kappa shape index (κ2) is 6.56. The van der Waals surface area contributed by atoms with Crippen molar-refractivity contribution in [2.75, 3.05) is 0 Å². The van der Waals surface area contributed by atoms with Crippen LogP contribution in [0.4, 0.5) is 0 Å². The van der Waals surface area contributed by atoms with Crippen LogP contribution >= 0.6 is 0 Å². The van der Waals surface area contributed by atoms with E-state index in [2.05, 4.69) is 66.7 Å². The largest absolute Gasteiger partial charge is 0.0853 e. The molecule has 0 nitrogen and oxygen atoms in total. The van der Waals surface area contributed by atoms with Crippen molar-refractivity contribution in [1.29, 1.82) is 0 Å². The lowest BCUT2D eigenvalue weighted by molar-refractivity contribution is 0.662. The third-order valence-corrected chi connectivity index (χ3v) is 4.24. The van der Waals surface area contributed by atoms with Crippen molar-refractivity contribution in [1.82, 2.24) is 0 Å². The van der Waals surface area contributed by atoms with Gasteiger partial charge in [-0.3, -0.25) is 0 Å². The molecule has 0 N–H and O–H groups in total. The predicted octanol–water partition coefficient (Wildman–Crippen LogP) is 5.51. The first-order chi connectivity index (χ1) is 9.92. The topological polar surface area (TPSA) is 0 Å². The summed E-state index contributed by atoms with van der Waals surface area (Å²) in [7, 11) is 0.